The summed E-state index contributed by atoms with van der Waals surface area (Å²) < 4.78 is 47.7. The molecule has 4 N–H and O–H groups in total. The quantitative estimate of drug-likeness (QED) is 0.0256. The van der Waals surface area contributed by atoms with Crippen LogP contribution in [0.25, 0.3) is 20.9 Å². The number of hydrogen-bond acceptors (Lipinski definition) is 14. The lowest BCUT2D eigenvalue weighted by molar-refractivity contribution is -0.696. The van der Waals surface area contributed by atoms with Gasteiger partial charge in [0.25, 0.3) is 10.1 Å². The molecule has 3 aromatic rings. The first-order valence-corrected chi connectivity index (χ1v) is 15.3. The van der Waals surface area contributed by atoms with Gasteiger partial charge in [-0.05, 0) is 36.2 Å². The Bertz CT molecular complexity index is 1350. The van der Waals surface area contributed by atoms with E-state index >= 15 is 0 Å². The molecule has 17 heteroatoms. The minimum Gasteiger partial charge on any atom is -0.492 e. The molecule has 3 rings (SSSR count). The lowest BCUT2D eigenvalue weighted by atomic mass is 10.1. The van der Waals surface area contributed by atoms with E-state index in [9.17, 15) is 8.42 Å². The predicted molar refractivity (Wildman–Crippen MR) is 145 cm³/mol. The summed E-state index contributed by atoms with van der Waals surface area (Å²) in [5.74, 6) is 0.338. The van der Waals surface area contributed by atoms with Gasteiger partial charge >= 0.3 is 0 Å². The number of rotatable bonds is 18. The van der Waals surface area contributed by atoms with E-state index in [4.69, 9.17) is 29.4 Å². The van der Waals surface area contributed by atoms with E-state index in [1.165, 1.54) is 11.3 Å². The van der Waals surface area contributed by atoms with Crippen molar-refractivity contribution in [1.29, 1.82) is 0 Å². The Balaban J connectivity index is 1.83. The molecule has 2 aromatic heterocycles. The van der Waals surface area contributed by atoms with Crippen LogP contribution in [-0.4, -0.2) is 41.1 Å². The van der Waals surface area contributed by atoms with Gasteiger partial charge in [-0.3, -0.25) is 4.55 Å². The van der Waals surface area contributed by atoms with Crippen molar-refractivity contribution < 1.29 is 61.7 Å². The number of aromatic nitrogens is 1. The van der Waals surface area contributed by atoms with Crippen molar-refractivity contribution in [3.8, 4) is 26.6 Å². The van der Waals surface area contributed by atoms with Gasteiger partial charge in [-0.2, -0.15) is 8.42 Å². The van der Waals surface area contributed by atoms with Gasteiger partial charge in [0.2, 0.25) is 0 Å². The number of aryl methyl sites for hydroxylation is 1. The van der Waals surface area contributed by atoms with E-state index in [2.05, 4.69) is 25.9 Å². The SMILES string of the molecule is C=C(CCCOc1ccc(-c2sc(-c3cc[n+](CCCS(=O)(=O)O)cc3)cc2SOOO)cc1SOOO)OO. The van der Waals surface area contributed by atoms with E-state index in [0.717, 1.165) is 45.0 Å². The second kappa shape index (κ2) is 16.2. The van der Waals surface area contributed by atoms with Crippen molar-refractivity contribution in [3.63, 3.8) is 0 Å². The average Bonchev–Trinajstić information content (AvgIpc) is 3.37. The molecule has 13 nitrogen and oxygen atoms in total. The van der Waals surface area contributed by atoms with Crippen LogP contribution in [0.3, 0.4) is 0 Å². The van der Waals surface area contributed by atoms with Crippen molar-refractivity contribution in [2.45, 2.75) is 35.6 Å². The maximum atomic E-state index is 10.9. The zero-order valence-corrected chi connectivity index (χ0v) is 24.0. The van der Waals surface area contributed by atoms with Gasteiger partial charge in [0.05, 0.1) is 51.1 Å². The standard InChI is InChI=1S/C23H25NO12S4/c1-16(32-25)4-2-12-31-19-6-5-18(14-21(19)38-35-33-26)23-22(39-36-34-27)15-20(37-23)17-7-10-24(11-8-17)9-3-13-40(28,29)30/h5-8,10-11,14-15H,1-4,9,12-13H2,(H3-,25,26,27,28,29,30)/p+1. The van der Waals surface area contributed by atoms with Crippen LogP contribution in [0.4, 0.5) is 0 Å². The molecule has 40 heavy (non-hydrogen) atoms. The summed E-state index contributed by atoms with van der Waals surface area (Å²) in [7, 11) is -4.01. The van der Waals surface area contributed by atoms with Crippen LogP contribution in [0.15, 0.2) is 70.9 Å². The normalized spacial score (nSPS) is 11.5. The number of thiophene rings is 1. The molecule has 0 saturated carbocycles. The second-order valence-electron chi connectivity index (χ2n) is 7.96. The Hall–Kier alpha value is -2.26. The van der Waals surface area contributed by atoms with Crippen LogP contribution in [0.1, 0.15) is 19.3 Å². The van der Waals surface area contributed by atoms with Gasteiger partial charge < -0.3 is 9.62 Å². The predicted octanol–water partition coefficient (Wildman–Crippen LogP) is 5.67. The lowest BCUT2D eigenvalue weighted by Gasteiger charge is -2.12. The van der Waals surface area contributed by atoms with Gasteiger partial charge in [-0.15, -0.1) is 20.0 Å². The molecule has 0 saturated heterocycles. The largest absolute Gasteiger partial charge is 0.492 e. The Labute approximate surface area is 242 Å². The molecule has 0 amide bonds. The Morgan fingerprint density at radius 3 is 2.30 bits per heavy atom. The van der Waals surface area contributed by atoms with Gasteiger partial charge in [0, 0.05) is 35.4 Å². The molecule has 0 unspecified atom stereocenters. The van der Waals surface area contributed by atoms with Gasteiger partial charge in [-0.1, -0.05) is 16.7 Å². The molecule has 0 radical (unpaired) electrons. The minimum absolute atomic E-state index is 0.212. The van der Waals surface area contributed by atoms with E-state index < -0.39 is 10.1 Å². The topological polar surface area (TPSA) is 174 Å². The molecule has 0 fully saturated rings. The van der Waals surface area contributed by atoms with E-state index in [1.54, 1.807) is 29.1 Å². The van der Waals surface area contributed by atoms with Gasteiger partial charge in [-0.25, -0.2) is 20.3 Å². The highest BCUT2D eigenvalue weighted by Gasteiger charge is 2.18. The number of pyridine rings is 1. The molecule has 0 atom stereocenters. The van der Waals surface area contributed by atoms with Gasteiger partial charge in [0.1, 0.15) is 18.1 Å². The molecule has 0 bridgehead atoms. The summed E-state index contributed by atoms with van der Waals surface area (Å²) in [5, 5.41) is 33.5. The fraction of sp³-hybridized carbons (Fsp3) is 0.261. The summed E-state index contributed by atoms with van der Waals surface area (Å²) >= 11 is 2.96. The third kappa shape index (κ3) is 10.3. The van der Waals surface area contributed by atoms with E-state index in [0.29, 0.717) is 34.9 Å². The third-order valence-corrected chi connectivity index (χ3v) is 8.62. The molecule has 1 aromatic carbocycles. The van der Waals surface area contributed by atoms with Crippen LogP contribution < -0.4 is 9.30 Å². The van der Waals surface area contributed by atoms with Crippen molar-refractivity contribution >= 4 is 45.5 Å². The molecule has 2 heterocycles. The molecule has 218 valence electrons. The second-order valence-corrected chi connectivity index (χ2v) is 12.1. The highest BCUT2D eigenvalue weighted by atomic mass is 32.2. The van der Waals surface area contributed by atoms with Crippen LogP contribution >= 0.6 is 35.4 Å². The van der Waals surface area contributed by atoms with Crippen LogP contribution in [-0.2, 0) is 40.3 Å². The fourth-order valence-corrected chi connectivity index (χ4v) is 6.22. The monoisotopic (exact) mass is 636 g/mol. The molecule has 0 aliphatic rings. The smallest absolute Gasteiger partial charge is 0.265 e. The first kappa shape index (κ1) is 32.3. The minimum atomic E-state index is -4.01. The zero-order valence-electron chi connectivity index (χ0n) is 20.7. The molecular formula is C23H26NO12S4+. The molecule has 0 spiro atoms. The maximum absolute atomic E-state index is 10.9. The number of ether oxygens (including phenoxy) is 1. The Kier molecular flexibility index (Phi) is 13.1. The molecule has 0 aliphatic carbocycles. The van der Waals surface area contributed by atoms with Crippen molar-refractivity contribution in [3.05, 3.63) is 61.1 Å². The summed E-state index contributed by atoms with van der Waals surface area (Å²) in [5.41, 5.74) is 1.60. The maximum Gasteiger partial charge on any atom is 0.265 e. The van der Waals surface area contributed by atoms with E-state index in [1.807, 2.05) is 24.3 Å². The summed E-state index contributed by atoms with van der Waals surface area (Å²) in [4.78, 5) is 6.80. The van der Waals surface area contributed by atoms with Gasteiger partial charge in [0.15, 0.2) is 12.4 Å². The molecular weight excluding hydrogens is 611 g/mol. The fourth-order valence-electron chi connectivity index (χ4n) is 3.41. The third-order valence-electron chi connectivity index (χ3n) is 5.19. The van der Waals surface area contributed by atoms with Crippen molar-refractivity contribution in [1.82, 2.24) is 0 Å². The summed E-state index contributed by atoms with van der Waals surface area (Å²) in [6, 6.07) is 10.8. The van der Waals surface area contributed by atoms with Crippen molar-refractivity contribution in [2.75, 3.05) is 12.4 Å². The number of hydrogen-bond donors (Lipinski definition) is 4. The van der Waals surface area contributed by atoms with E-state index in [-0.39, 0.29) is 24.5 Å². The first-order valence-electron chi connectivity index (χ1n) is 11.4. The lowest BCUT2D eigenvalue weighted by Crippen LogP contribution is -2.33. The number of allylic oxidation sites excluding steroid dienone is 1. The summed E-state index contributed by atoms with van der Waals surface area (Å²) in [6.07, 6.45) is 4.78. The van der Waals surface area contributed by atoms with Crippen LogP contribution in [0, 0.1) is 0 Å². The number of nitrogens with zero attached hydrogens (tertiary/aromatic N) is 1. The summed E-state index contributed by atoms with van der Waals surface area (Å²) in [6.45, 7) is 4.23. The van der Waals surface area contributed by atoms with Crippen LogP contribution in [0.5, 0.6) is 5.75 Å². The highest BCUT2D eigenvalue weighted by molar-refractivity contribution is 7.95. The Morgan fingerprint density at radius 1 is 0.950 bits per heavy atom. The van der Waals surface area contributed by atoms with Crippen molar-refractivity contribution in [2.24, 2.45) is 0 Å². The average molecular weight is 637 g/mol. The zero-order chi connectivity index (χ0) is 29.0. The molecule has 0 aliphatic heterocycles. The Morgan fingerprint density at radius 2 is 1.65 bits per heavy atom. The number of benzene rings is 1. The van der Waals surface area contributed by atoms with Crippen LogP contribution in [0.2, 0.25) is 0 Å². The first-order chi connectivity index (χ1) is 19.2. The highest BCUT2D eigenvalue weighted by Crippen LogP contribution is 2.45.